The monoisotopic (exact) mass is 470 g/mol. The molecule has 1 aliphatic rings. The van der Waals surface area contributed by atoms with Crippen molar-refractivity contribution in [3.8, 4) is 0 Å². The number of hydrogen-bond donors (Lipinski definition) is 1. The quantitative estimate of drug-likeness (QED) is 0.136. The van der Waals surface area contributed by atoms with Crippen molar-refractivity contribution in [2.24, 2.45) is 0 Å². The molecular weight excluding hydrogens is 448 g/mol. The molecule has 0 fully saturated rings. The van der Waals surface area contributed by atoms with Crippen molar-refractivity contribution < 1.29 is 9.72 Å². The van der Waals surface area contributed by atoms with Gasteiger partial charge in [-0.3, -0.25) is 24.3 Å². The molecule has 0 saturated heterocycles. The van der Waals surface area contributed by atoms with Crippen molar-refractivity contribution >= 4 is 50.6 Å². The highest BCUT2D eigenvalue weighted by Gasteiger charge is 2.22. The van der Waals surface area contributed by atoms with Gasteiger partial charge < -0.3 is 5.32 Å². The Morgan fingerprint density at radius 2 is 2.09 bits per heavy atom. The maximum absolute atomic E-state index is 13.3. The van der Waals surface area contributed by atoms with Crippen LogP contribution in [0.5, 0.6) is 0 Å². The zero-order valence-corrected chi connectivity index (χ0v) is 19.0. The highest BCUT2D eigenvalue weighted by molar-refractivity contribution is 7.99. The van der Waals surface area contributed by atoms with E-state index in [1.165, 1.54) is 29.5 Å². The molecule has 4 rings (SSSR count). The van der Waals surface area contributed by atoms with E-state index in [0.29, 0.717) is 21.9 Å². The molecule has 3 aromatic rings. The lowest BCUT2D eigenvalue weighted by Crippen LogP contribution is -2.24. The Balaban J connectivity index is 1.61. The number of aryl methyl sites for hydroxylation is 2. The van der Waals surface area contributed by atoms with E-state index >= 15 is 0 Å². The summed E-state index contributed by atoms with van der Waals surface area (Å²) < 4.78 is 1.55. The van der Waals surface area contributed by atoms with Crippen LogP contribution in [0.4, 0.5) is 11.4 Å². The van der Waals surface area contributed by atoms with E-state index in [4.69, 9.17) is 4.98 Å². The Labute approximate surface area is 192 Å². The number of para-hydroxylation sites is 2. The maximum Gasteiger partial charge on any atom is 0.292 e. The Morgan fingerprint density at radius 1 is 1.31 bits per heavy atom. The number of carbonyl (C=O) groups excluding carboxylic acids is 1. The average Bonchev–Trinajstić information content (AvgIpc) is 2.96. The SMILES string of the molecule is C=CCn1c(SCC(=O)Nc2ccccc2[N+](=O)[O-])nc2sc3c(c2c1=O)CCCCC3. The molecule has 0 aliphatic heterocycles. The van der Waals surface area contributed by atoms with Gasteiger partial charge in [0, 0.05) is 17.5 Å². The molecule has 0 atom stereocenters. The summed E-state index contributed by atoms with van der Waals surface area (Å²) in [5, 5.41) is 14.9. The molecule has 0 spiro atoms. The molecule has 0 bridgehead atoms. The van der Waals surface area contributed by atoms with E-state index in [2.05, 4.69) is 11.9 Å². The molecule has 8 nitrogen and oxygen atoms in total. The van der Waals surface area contributed by atoms with Crippen molar-refractivity contribution in [2.45, 2.75) is 43.8 Å². The average molecular weight is 471 g/mol. The van der Waals surface area contributed by atoms with Crippen LogP contribution in [0.15, 0.2) is 46.9 Å². The molecule has 10 heteroatoms. The topological polar surface area (TPSA) is 107 Å². The summed E-state index contributed by atoms with van der Waals surface area (Å²) >= 11 is 2.71. The van der Waals surface area contributed by atoms with E-state index in [1.807, 2.05) is 0 Å². The number of amides is 1. The van der Waals surface area contributed by atoms with E-state index in [-0.39, 0.29) is 22.7 Å². The van der Waals surface area contributed by atoms with Gasteiger partial charge in [-0.15, -0.1) is 17.9 Å². The van der Waals surface area contributed by atoms with Crippen LogP contribution >= 0.6 is 23.1 Å². The second-order valence-electron chi connectivity index (χ2n) is 7.45. The first kappa shape index (κ1) is 22.2. The highest BCUT2D eigenvalue weighted by Crippen LogP contribution is 2.34. The summed E-state index contributed by atoms with van der Waals surface area (Å²) in [6, 6.07) is 5.98. The van der Waals surface area contributed by atoms with Crippen LogP contribution in [0.1, 0.15) is 29.7 Å². The Kier molecular flexibility index (Phi) is 6.71. The van der Waals surface area contributed by atoms with Crippen molar-refractivity contribution in [1.29, 1.82) is 0 Å². The number of nitro groups is 1. The third-order valence-electron chi connectivity index (χ3n) is 5.31. The Morgan fingerprint density at radius 3 is 2.88 bits per heavy atom. The van der Waals surface area contributed by atoms with E-state index in [0.717, 1.165) is 43.0 Å². The van der Waals surface area contributed by atoms with Gasteiger partial charge in [0.25, 0.3) is 11.2 Å². The third kappa shape index (κ3) is 4.46. The van der Waals surface area contributed by atoms with Gasteiger partial charge in [-0.05, 0) is 37.3 Å². The summed E-state index contributed by atoms with van der Waals surface area (Å²) in [6.45, 7) is 4.04. The minimum Gasteiger partial charge on any atom is -0.320 e. The lowest BCUT2D eigenvalue weighted by Gasteiger charge is -2.11. The lowest BCUT2D eigenvalue weighted by atomic mass is 10.1. The summed E-state index contributed by atoms with van der Waals surface area (Å²) in [6.07, 6.45) is 6.86. The fourth-order valence-electron chi connectivity index (χ4n) is 3.85. The first-order chi connectivity index (χ1) is 15.5. The zero-order valence-electron chi connectivity index (χ0n) is 17.3. The van der Waals surface area contributed by atoms with Gasteiger partial charge in [0.15, 0.2) is 5.16 Å². The molecule has 2 aromatic heterocycles. The number of thiophene rings is 1. The summed E-state index contributed by atoms with van der Waals surface area (Å²) in [7, 11) is 0. The molecule has 1 N–H and O–H groups in total. The van der Waals surface area contributed by atoms with Gasteiger partial charge in [0.05, 0.1) is 16.1 Å². The van der Waals surface area contributed by atoms with E-state index < -0.39 is 10.8 Å². The number of thioether (sulfide) groups is 1. The number of fused-ring (bicyclic) bond motifs is 3. The third-order valence-corrected chi connectivity index (χ3v) is 7.47. The number of nitrogens with one attached hydrogen (secondary N) is 1. The second-order valence-corrected chi connectivity index (χ2v) is 9.48. The van der Waals surface area contributed by atoms with Crippen LogP contribution in [0.2, 0.25) is 0 Å². The molecule has 0 unspecified atom stereocenters. The molecular formula is C22H22N4O4S2. The van der Waals surface area contributed by atoms with Crippen LogP contribution in [0, 0.1) is 10.1 Å². The first-order valence-corrected chi connectivity index (χ1v) is 12.1. The van der Waals surface area contributed by atoms with Gasteiger partial charge in [-0.2, -0.15) is 0 Å². The first-order valence-electron chi connectivity index (χ1n) is 10.3. The number of allylic oxidation sites excluding steroid dienone is 1. The van der Waals surface area contributed by atoms with Crippen LogP contribution in [0.25, 0.3) is 10.2 Å². The van der Waals surface area contributed by atoms with Gasteiger partial charge in [0.2, 0.25) is 5.91 Å². The minimum atomic E-state index is -0.541. The van der Waals surface area contributed by atoms with Crippen LogP contribution in [0.3, 0.4) is 0 Å². The number of nitro benzene ring substituents is 1. The maximum atomic E-state index is 13.3. The molecule has 0 radical (unpaired) electrons. The fraction of sp³-hybridized carbons (Fsp3) is 0.318. The standard InChI is InChI=1S/C22H22N4O4S2/c1-2-12-25-21(28)19-14-8-4-3-5-11-17(14)32-20(19)24-22(25)31-13-18(27)23-15-9-6-7-10-16(15)26(29)30/h2,6-7,9-10H,1,3-5,8,11-13H2,(H,23,27). The molecule has 1 aliphatic carbocycles. The van der Waals surface area contributed by atoms with Gasteiger partial charge in [0.1, 0.15) is 10.5 Å². The second kappa shape index (κ2) is 9.66. The highest BCUT2D eigenvalue weighted by atomic mass is 32.2. The Bertz CT molecular complexity index is 1260. The molecule has 32 heavy (non-hydrogen) atoms. The Hall–Kier alpha value is -2.98. The number of nitrogens with zero attached hydrogens (tertiary/aromatic N) is 3. The number of aromatic nitrogens is 2. The molecule has 166 valence electrons. The molecule has 1 amide bonds. The minimum absolute atomic E-state index is 0.0355. The summed E-state index contributed by atoms with van der Waals surface area (Å²) in [5.74, 6) is -0.447. The number of rotatable bonds is 7. The van der Waals surface area contributed by atoms with Crippen LogP contribution in [-0.2, 0) is 24.2 Å². The predicted octanol–water partition coefficient (Wildman–Crippen LogP) is 4.55. The molecule has 2 heterocycles. The molecule has 0 saturated carbocycles. The van der Waals surface area contributed by atoms with Gasteiger partial charge >= 0.3 is 0 Å². The van der Waals surface area contributed by atoms with Crippen molar-refractivity contribution in [3.63, 3.8) is 0 Å². The summed E-state index contributed by atoms with van der Waals surface area (Å²) in [5.41, 5.74) is 0.991. The number of benzene rings is 1. The summed E-state index contributed by atoms with van der Waals surface area (Å²) in [4.78, 5) is 43.1. The number of anilines is 1. The smallest absolute Gasteiger partial charge is 0.292 e. The van der Waals surface area contributed by atoms with Gasteiger partial charge in [-0.25, -0.2) is 4.98 Å². The van der Waals surface area contributed by atoms with E-state index in [9.17, 15) is 19.7 Å². The van der Waals surface area contributed by atoms with Crippen LogP contribution in [-0.4, -0.2) is 26.1 Å². The zero-order chi connectivity index (χ0) is 22.7. The van der Waals surface area contributed by atoms with Crippen molar-refractivity contribution in [2.75, 3.05) is 11.1 Å². The number of carbonyl (C=O) groups is 1. The predicted molar refractivity (Wildman–Crippen MR) is 128 cm³/mol. The number of hydrogen-bond acceptors (Lipinski definition) is 7. The van der Waals surface area contributed by atoms with Gasteiger partial charge in [-0.1, -0.05) is 36.4 Å². The fourth-order valence-corrected chi connectivity index (χ4v) is 5.96. The normalized spacial score (nSPS) is 13.4. The lowest BCUT2D eigenvalue weighted by molar-refractivity contribution is -0.383. The largest absolute Gasteiger partial charge is 0.320 e. The van der Waals surface area contributed by atoms with Crippen LogP contribution < -0.4 is 10.9 Å². The van der Waals surface area contributed by atoms with Crippen molar-refractivity contribution in [3.05, 3.63) is 67.8 Å². The molecule has 1 aromatic carbocycles. The van der Waals surface area contributed by atoms with E-state index in [1.54, 1.807) is 28.0 Å². The van der Waals surface area contributed by atoms with Crippen molar-refractivity contribution in [1.82, 2.24) is 9.55 Å².